The number of amides is 1. The molecule has 0 aliphatic heterocycles. The molecular formula is C21H23N3O5. The monoisotopic (exact) mass is 397 g/mol. The Balaban J connectivity index is 1.76. The molecular weight excluding hydrogens is 374 g/mol. The van der Waals surface area contributed by atoms with Crippen LogP contribution in [-0.4, -0.2) is 42.5 Å². The number of para-hydroxylation sites is 3. The average molecular weight is 397 g/mol. The third-order valence-corrected chi connectivity index (χ3v) is 4.26. The molecule has 8 nitrogen and oxygen atoms in total. The number of rotatable bonds is 9. The van der Waals surface area contributed by atoms with Crippen LogP contribution in [0.3, 0.4) is 0 Å². The highest BCUT2D eigenvalue weighted by Crippen LogP contribution is 2.38. The zero-order valence-electron chi connectivity index (χ0n) is 16.4. The Hall–Kier alpha value is -3.39. The van der Waals surface area contributed by atoms with Crippen molar-refractivity contribution in [1.29, 1.82) is 0 Å². The summed E-state index contributed by atoms with van der Waals surface area (Å²) in [5.41, 5.74) is 1.03. The molecule has 2 aromatic carbocycles. The molecule has 152 valence electrons. The van der Waals surface area contributed by atoms with Crippen molar-refractivity contribution in [2.45, 2.75) is 13.5 Å². The smallest absolute Gasteiger partial charge is 0.302 e. The summed E-state index contributed by atoms with van der Waals surface area (Å²) in [6.45, 7) is 3.11. The van der Waals surface area contributed by atoms with E-state index in [0.29, 0.717) is 36.6 Å². The fraction of sp³-hybridized carbons (Fsp3) is 0.286. The van der Waals surface area contributed by atoms with Crippen LogP contribution in [0.4, 0.5) is 5.69 Å². The second kappa shape index (κ2) is 9.70. The molecule has 1 amide bonds. The van der Waals surface area contributed by atoms with E-state index in [4.69, 9.17) is 14.2 Å². The van der Waals surface area contributed by atoms with Gasteiger partial charge in [-0.2, -0.15) is 0 Å². The van der Waals surface area contributed by atoms with Crippen LogP contribution in [0, 0.1) is 0 Å². The van der Waals surface area contributed by atoms with Crippen LogP contribution < -0.4 is 9.47 Å². The van der Waals surface area contributed by atoms with Crippen molar-refractivity contribution in [2.24, 2.45) is 10.2 Å². The van der Waals surface area contributed by atoms with Crippen molar-refractivity contribution < 1.29 is 24.1 Å². The first-order chi connectivity index (χ1) is 14.2. The normalized spacial score (nSPS) is 11.2. The minimum atomic E-state index is -0.582. The molecule has 3 rings (SSSR count). The number of nitrogens with zero attached hydrogens (tertiary/aromatic N) is 3. The highest BCUT2D eigenvalue weighted by molar-refractivity contribution is 5.95. The van der Waals surface area contributed by atoms with Gasteiger partial charge in [0.1, 0.15) is 0 Å². The van der Waals surface area contributed by atoms with Crippen molar-refractivity contribution in [3.05, 3.63) is 48.5 Å². The van der Waals surface area contributed by atoms with Gasteiger partial charge < -0.3 is 23.9 Å². The lowest BCUT2D eigenvalue weighted by molar-refractivity contribution is -0.120. The molecule has 1 aromatic heterocycles. The molecule has 29 heavy (non-hydrogen) atoms. The summed E-state index contributed by atoms with van der Waals surface area (Å²) in [7, 11) is 1.52. The Morgan fingerprint density at radius 3 is 2.59 bits per heavy atom. The minimum absolute atomic E-state index is 0.0619. The molecule has 0 aliphatic carbocycles. The van der Waals surface area contributed by atoms with Crippen molar-refractivity contribution in [1.82, 2.24) is 4.57 Å². The van der Waals surface area contributed by atoms with Crippen molar-refractivity contribution >= 4 is 22.5 Å². The number of fused-ring (bicyclic) bond motifs is 1. The number of methoxy groups -OCH3 is 1. The largest absolute Gasteiger partial charge is 0.493 e. The molecule has 0 fully saturated rings. The number of carbonyl (C=O) groups is 1. The van der Waals surface area contributed by atoms with E-state index >= 15 is 0 Å². The van der Waals surface area contributed by atoms with Gasteiger partial charge in [0.2, 0.25) is 5.88 Å². The highest BCUT2D eigenvalue weighted by Gasteiger charge is 2.16. The maximum atomic E-state index is 12.1. The third kappa shape index (κ3) is 4.72. The van der Waals surface area contributed by atoms with Gasteiger partial charge in [-0.25, -0.2) is 0 Å². The molecule has 0 aliphatic rings. The Kier molecular flexibility index (Phi) is 6.80. The SMILES string of the molecule is CCOCCn1c(O)c(N=NC(=O)COc2ccccc2OC)c2ccccc21. The van der Waals surface area contributed by atoms with E-state index in [1.165, 1.54) is 7.11 Å². The minimum Gasteiger partial charge on any atom is -0.493 e. The summed E-state index contributed by atoms with van der Waals surface area (Å²) >= 11 is 0. The van der Waals surface area contributed by atoms with Crippen LogP contribution in [0.15, 0.2) is 58.8 Å². The van der Waals surface area contributed by atoms with Crippen LogP contribution in [-0.2, 0) is 16.1 Å². The van der Waals surface area contributed by atoms with Crippen LogP contribution in [0.5, 0.6) is 17.4 Å². The molecule has 0 spiro atoms. The Bertz CT molecular complexity index is 1010. The zero-order valence-corrected chi connectivity index (χ0v) is 16.4. The topological polar surface area (TPSA) is 94.6 Å². The van der Waals surface area contributed by atoms with E-state index in [1.54, 1.807) is 28.8 Å². The molecule has 0 atom stereocenters. The average Bonchev–Trinajstić information content (AvgIpc) is 3.02. The van der Waals surface area contributed by atoms with E-state index < -0.39 is 5.91 Å². The number of aromatic hydroxyl groups is 1. The molecule has 0 unspecified atom stereocenters. The summed E-state index contributed by atoms with van der Waals surface area (Å²) < 4.78 is 17.7. The van der Waals surface area contributed by atoms with Crippen LogP contribution in [0.1, 0.15) is 6.92 Å². The Morgan fingerprint density at radius 1 is 1.10 bits per heavy atom. The number of ether oxygens (including phenoxy) is 3. The Labute approximate surface area is 168 Å². The molecule has 0 saturated carbocycles. The van der Waals surface area contributed by atoms with Crippen LogP contribution in [0.2, 0.25) is 0 Å². The molecule has 1 heterocycles. The van der Waals surface area contributed by atoms with Gasteiger partial charge in [0, 0.05) is 18.5 Å². The van der Waals surface area contributed by atoms with E-state index in [1.807, 2.05) is 31.2 Å². The lowest BCUT2D eigenvalue weighted by atomic mass is 10.2. The first kappa shape index (κ1) is 20.3. The Morgan fingerprint density at radius 2 is 1.83 bits per heavy atom. The van der Waals surface area contributed by atoms with Gasteiger partial charge in [0.25, 0.3) is 0 Å². The number of hydrogen-bond acceptors (Lipinski definition) is 6. The fourth-order valence-corrected chi connectivity index (χ4v) is 2.91. The molecule has 0 radical (unpaired) electrons. The second-order valence-electron chi connectivity index (χ2n) is 6.07. The van der Waals surface area contributed by atoms with Crippen LogP contribution in [0.25, 0.3) is 10.9 Å². The number of benzene rings is 2. The standard InChI is InChI=1S/C21H23N3O5/c1-3-28-13-12-24-16-9-5-4-8-15(16)20(21(24)26)23-22-19(25)14-29-18-11-7-6-10-17(18)27-2/h4-11,26H,3,12-14H2,1-2H3. The number of hydrogen-bond donors (Lipinski definition) is 1. The maximum Gasteiger partial charge on any atom is 0.302 e. The number of carbonyl (C=O) groups excluding carboxylic acids is 1. The summed E-state index contributed by atoms with van der Waals surface area (Å²) in [6, 6.07) is 14.4. The lowest BCUT2D eigenvalue weighted by Crippen LogP contribution is -2.08. The first-order valence-corrected chi connectivity index (χ1v) is 9.24. The quantitative estimate of drug-likeness (QED) is 0.434. The van der Waals surface area contributed by atoms with E-state index in [9.17, 15) is 9.90 Å². The van der Waals surface area contributed by atoms with Gasteiger partial charge >= 0.3 is 5.91 Å². The first-order valence-electron chi connectivity index (χ1n) is 9.24. The van der Waals surface area contributed by atoms with Gasteiger partial charge in [0.15, 0.2) is 23.8 Å². The van der Waals surface area contributed by atoms with Crippen molar-refractivity contribution in [3.63, 3.8) is 0 Å². The van der Waals surface area contributed by atoms with E-state index in [0.717, 1.165) is 5.52 Å². The lowest BCUT2D eigenvalue weighted by Gasteiger charge is -2.08. The summed E-state index contributed by atoms with van der Waals surface area (Å²) in [5, 5.41) is 19.0. The second-order valence-corrected chi connectivity index (χ2v) is 6.07. The van der Waals surface area contributed by atoms with Crippen molar-refractivity contribution in [2.75, 3.05) is 26.9 Å². The zero-order chi connectivity index (χ0) is 20.6. The maximum absolute atomic E-state index is 12.1. The predicted octanol–water partition coefficient (Wildman–Crippen LogP) is 4.08. The molecule has 8 heteroatoms. The van der Waals surface area contributed by atoms with Gasteiger partial charge in [-0.05, 0) is 25.1 Å². The molecule has 0 bridgehead atoms. The summed E-state index contributed by atoms with van der Waals surface area (Å²) in [6.07, 6.45) is 0. The summed E-state index contributed by atoms with van der Waals surface area (Å²) in [5.74, 6) is 0.315. The fourth-order valence-electron chi connectivity index (χ4n) is 2.91. The van der Waals surface area contributed by atoms with Gasteiger partial charge in [0.05, 0.1) is 19.2 Å². The molecule has 3 aromatic rings. The van der Waals surface area contributed by atoms with E-state index in [2.05, 4.69) is 10.2 Å². The van der Waals surface area contributed by atoms with E-state index in [-0.39, 0.29) is 18.2 Å². The number of aromatic nitrogens is 1. The molecule has 0 saturated heterocycles. The van der Waals surface area contributed by atoms with Gasteiger partial charge in [-0.15, -0.1) is 10.2 Å². The van der Waals surface area contributed by atoms with Crippen molar-refractivity contribution in [3.8, 4) is 17.4 Å². The number of azo groups is 1. The predicted molar refractivity (Wildman–Crippen MR) is 108 cm³/mol. The highest BCUT2D eigenvalue weighted by atomic mass is 16.5. The molecule has 1 N–H and O–H groups in total. The third-order valence-electron chi connectivity index (χ3n) is 4.26. The van der Waals surface area contributed by atoms with Gasteiger partial charge in [-0.1, -0.05) is 30.3 Å². The van der Waals surface area contributed by atoms with Crippen LogP contribution >= 0.6 is 0 Å². The van der Waals surface area contributed by atoms with Gasteiger partial charge in [-0.3, -0.25) is 4.79 Å². The summed E-state index contributed by atoms with van der Waals surface area (Å²) in [4.78, 5) is 12.1.